The van der Waals surface area contributed by atoms with Crippen LogP contribution in [0.15, 0.2) is 66.9 Å². The van der Waals surface area contributed by atoms with Crippen LogP contribution in [0.5, 0.6) is 5.75 Å². The van der Waals surface area contributed by atoms with Crippen LogP contribution in [0.25, 0.3) is 5.65 Å². The van der Waals surface area contributed by atoms with Gasteiger partial charge in [0.2, 0.25) is 5.95 Å². The average Bonchev–Trinajstić information content (AvgIpc) is 3.26. The summed E-state index contributed by atoms with van der Waals surface area (Å²) in [6.07, 6.45) is 1.91. The second-order valence-electron chi connectivity index (χ2n) is 8.30. The molecule has 1 fully saturated rings. The van der Waals surface area contributed by atoms with Gasteiger partial charge in [0.05, 0.1) is 12.8 Å². The summed E-state index contributed by atoms with van der Waals surface area (Å²) >= 11 is 0. The van der Waals surface area contributed by atoms with Crippen molar-refractivity contribution in [2.75, 3.05) is 55.9 Å². The van der Waals surface area contributed by atoms with Crippen molar-refractivity contribution in [1.82, 2.24) is 19.5 Å². The molecule has 0 amide bonds. The van der Waals surface area contributed by atoms with E-state index in [-0.39, 0.29) is 0 Å². The summed E-state index contributed by atoms with van der Waals surface area (Å²) in [5.74, 6) is 1.42. The third kappa shape index (κ3) is 4.85. The fourth-order valence-electron chi connectivity index (χ4n) is 4.05. The van der Waals surface area contributed by atoms with E-state index >= 15 is 0 Å². The number of piperazine rings is 1. The summed E-state index contributed by atoms with van der Waals surface area (Å²) in [7, 11) is 3.85. The van der Waals surface area contributed by atoms with E-state index in [4.69, 9.17) is 9.72 Å². The highest BCUT2D eigenvalue weighted by Gasteiger charge is 2.15. The van der Waals surface area contributed by atoms with Gasteiger partial charge in [-0.2, -0.15) is 4.98 Å². The molecule has 3 heterocycles. The maximum absolute atomic E-state index is 5.32. The van der Waals surface area contributed by atoms with Crippen molar-refractivity contribution in [2.24, 2.45) is 0 Å². The smallest absolute Gasteiger partial charge is 0.247 e. The fraction of sp³-hybridized carbons (Fsp3) is 0.280. The van der Waals surface area contributed by atoms with Gasteiger partial charge in [-0.25, -0.2) is 4.52 Å². The van der Waals surface area contributed by atoms with E-state index in [1.54, 1.807) is 11.6 Å². The molecule has 2 aromatic heterocycles. The Kier molecular flexibility index (Phi) is 5.99. The molecule has 170 valence electrons. The highest BCUT2D eigenvalue weighted by atomic mass is 16.5. The number of benzene rings is 2. The first-order valence-corrected chi connectivity index (χ1v) is 11.2. The molecule has 4 aromatic rings. The highest BCUT2D eigenvalue weighted by Crippen LogP contribution is 2.24. The van der Waals surface area contributed by atoms with E-state index in [1.165, 1.54) is 5.69 Å². The number of hydrogen-bond acceptors (Lipinski definition) is 7. The van der Waals surface area contributed by atoms with Crippen LogP contribution in [-0.2, 0) is 6.54 Å². The lowest BCUT2D eigenvalue weighted by molar-refractivity contribution is 0.313. The van der Waals surface area contributed by atoms with Crippen molar-refractivity contribution in [3.63, 3.8) is 0 Å². The van der Waals surface area contributed by atoms with Gasteiger partial charge in [-0.15, -0.1) is 5.10 Å². The number of rotatable bonds is 7. The van der Waals surface area contributed by atoms with Gasteiger partial charge < -0.3 is 25.2 Å². The standard InChI is InChI=1S/C25H29N7O/c1-30-12-14-31(15-13-30)21-8-4-7-20(17-21)27-25-28-24-23(10-5-11-32(24)29-25)26-18-19-6-3-9-22(16-19)33-2/h3-11,16-17,26H,12-15,18H2,1-2H3,(H,27,29). The van der Waals surface area contributed by atoms with E-state index in [2.05, 4.69) is 56.8 Å². The molecule has 2 aromatic carbocycles. The average molecular weight is 444 g/mol. The zero-order valence-electron chi connectivity index (χ0n) is 19.0. The molecule has 0 saturated carbocycles. The minimum absolute atomic E-state index is 0.571. The van der Waals surface area contributed by atoms with Gasteiger partial charge in [0.25, 0.3) is 0 Å². The molecule has 1 saturated heterocycles. The van der Waals surface area contributed by atoms with Crippen LogP contribution in [0.4, 0.5) is 23.0 Å². The number of aromatic nitrogens is 3. The topological polar surface area (TPSA) is 70.0 Å². The number of ether oxygens (including phenoxy) is 1. The Labute approximate surface area is 193 Å². The largest absolute Gasteiger partial charge is 0.497 e. The number of anilines is 4. The van der Waals surface area contributed by atoms with Gasteiger partial charge in [-0.3, -0.25) is 0 Å². The van der Waals surface area contributed by atoms with Gasteiger partial charge in [-0.1, -0.05) is 18.2 Å². The molecule has 0 spiro atoms. The Bertz CT molecular complexity index is 1230. The van der Waals surface area contributed by atoms with E-state index in [0.717, 1.165) is 54.5 Å². The highest BCUT2D eigenvalue weighted by molar-refractivity contribution is 5.70. The van der Waals surface area contributed by atoms with E-state index in [1.807, 2.05) is 42.6 Å². The zero-order valence-corrected chi connectivity index (χ0v) is 19.0. The SMILES string of the molecule is COc1cccc(CNc2cccn3nc(Nc4cccc(N5CCN(C)CC5)c4)nc23)c1. The maximum atomic E-state index is 5.32. The molecule has 8 nitrogen and oxygen atoms in total. The summed E-state index contributed by atoms with van der Waals surface area (Å²) in [5.41, 5.74) is 5.03. The van der Waals surface area contributed by atoms with Gasteiger partial charge in [0.1, 0.15) is 5.75 Å². The minimum Gasteiger partial charge on any atom is -0.497 e. The summed E-state index contributed by atoms with van der Waals surface area (Å²) in [6, 6.07) is 20.5. The van der Waals surface area contributed by atoms with Crippen LogP contribution in [-0.4, -0.2) is 59.8 Å². The number of likely N-dealkylation sites (N-methyl/N-ethyl adjacent to an activating group) is 1. The molecule has 1 aliphatic heterocycles. The molecule has 0 atom stereocenters. The molecule has 2 N–H and O–H groups in total. The van der Waals surface area contributed by atoms with Gasteiger partial charge in [-0.05, 0) is 55.1 Å². The predicted octanol–water partition coefficient (Wildman–Crippen LogP) is 3.85. The summed E-state index contributed by atoms with van der Waals surface area (Å²) in [6.45, 7) is 4.90. The molecular weight excluding hydrogens is 414 g/mol. The van der Waals surface area contributed by atoms with Crippen LogP contribution < -0.4 is 20.3 Å². The molecule has 1 aliphatic rings. The third-order valence-electron chi connectivity index (χ3n) is 5.95. The first-order chi connectivity index (χ1) is 16.2. The second-order valence-corrected chi connectivity index (χ2v) is 8.30. The second kappa shape index (κ2) is 9.38. The number of fused-ring (bicyclic) bond motifs is 1. The molecule has 0 unspecified atom stereocenters. The Morgan fingerprint density at radius 1 is 0.970 bits per heavy atom. The number of methoxy groups -OCH3 is 1. The van der Waals surface area contributed by atoms with E-state index in [9.17, 15) is 0 Å². The van der Waals surface area contributed by atoms with Crippen LogP contribution in [0.1, 0.15) is 5.56 Å². The Hall–Kier alpha value is -3.78. The van der Waals surface area contributed by atoms with Crippen molar-refractivity contribution in [1.29, 1.82) is 0 Å². The monoisotopic (exact) mass is 443 g/mol. The zero-order chi connectivity index (χ0) is 22.6. The molecule has 0 bridgehead atoms. The number of hydrogen-bond donors (Lipinski definition) is 2. The number of pyridine rings is 1. The van der Waals surface area contributed by atoms with Gasteiger partial charge in [0.15, 0.2) is 5.65 Å². The first kappa shape index (κ1) is 21.1. The number of nitrogens with one attached hydrogen (secondary N) is 2. The summed E-state index contributed by atoms with van der Waals surface area (Å²) in [4.78, 5) is 9.52. The lowest BCUT2D eigenvalue weighted by atomic mass is 10.2. The molecule has 33 heavy (non-hydrogen) atoms. The van der Waals surface area contributed by atoms with Gasteiger partial charge >= 0.3 is 0 Å². The maximum Gasteiger partial charge on any atom is 0.247 e. The summed E-state index contributed by atoms with van der Waals surface area (Å²) in [5, 5.41) is 11.5. The Morgan fingerprint density at radius 2 is 1.82 bits per heavy atom. The van der Waals surface area contributed by atoms with E-state index < -0.39 is 0 Å². The van der Waals surface area contributed by atoms with Crippen molar-refractivity contribution in [2.45, 2.75) is 6.54 Å². The van der Waals surface area contributed by atoms with Crippen LogP contribution >= 0.6 is 0 Å². The predicted molar refractivity (Wildman–Crippen MR) is 133 cm³/mol. The summed E-state index contributed by atoms with van der Waals surface area (Å²) < 4.78 is 7.11. The van der Waals surface area contributed by atoms with Gasteiger partial charge in [0, 0.05) is 50.3 Å². The molecule has 0 aliphatic carbocycles. The van der Waals surface area contributed by atoms with Crippen LogP contribution in [0, 0.1) is 0 Å². The van der Waals surface area contributed by atoms with E-state index in [0.29, 0.717) is 12.5 Å². The van der Waals surface area contributed by atoms with Crippen molar-refractivity contribution >= 4 is 28.7 Å². The molecular formula is C25H29N7O. The molecule has 8 heteroatoms. The van der Waals surface area contributed by atoms with Crippen molar-refractivity contribution in [3.05, 3.63) is 72.4 Å². The van der Waals surface area contributed by atoms with Crippen molar-refractivity contribution in [3.8, 4) is 5.75 Å². The minimum atomic E-state index is 0.571. The Balaban J connectivity index is 1.31. The normalized spacial score (nSPS) is 14.4. The lowest BCUT2D eigenvalue weighted by Crippen LogP contribution is -2.44. The van der Waals surface area contributed by atoms with Crippen LogP contribution in [0.2, 0.25) is 0 Å². The van der Waals surface area contributed by atoms with Crippen molar-refractivity contribution < 1.29 is 4.74 Å². The quantitative estimate of drug-likeness (QED) is 0.450. The fourth-order valence-corrected chi connectivity index (χ4v) is 4.05. The third-order valence-corrected chi connectivity index (χ3v) is 5.95. The van der Waals surface area contributed by atoms with Crippen LogP contribution in [0.3, 0.4) is 0 Å². The number of nitrogens with zero attached hydrogens (tertiary/aromatic N) is 5. The lowest BCUT2D eigenvalue weighted by Gasteiger charge is -2.34. The first-order valence-electron chi connectivity index (χ1n) is 11.2. The molecule has 5 rings (SSSR count). The Morgan fingerprint density at radius 3 is 2.67 bits per heavy atom. The molecule has 0 radical (unpaired) electrons.